The summed E-state index contributed by atoms with van der Waals surface area (Å²) in [5.74, 6) is 0.670. The van der Waals surface area contributed by atoms with Crippen LogP contribution in [0, 0.1) is 5.92 Å². The fourth-order valence-electron chi connectivity index (χ4n) is 5.13. The number of anilines is 2. The fraction of sp³-hybridized carbons (Fsp3) is 0.276. The number of rotatable bonds is 6. The molecule has 2 aromatic carbocycles. The maximum Gasteiger partial charge on any atom is 0.169 e. The van der Waals surface area contributed by atoms with Crippen molar-refractivity contribution < 1.29 is 9.90 Å². The van der Waals surface area contributed by atoms with E-state index in [1.54, 1.807) is 18.3 Å². The van der Waals surface area contributed by atoms with Crippen LogP contribution in [0.2, 0.25) is 10.0 Å². The van der Waals surface area contributed by atoms with Crippen molar-refractivity contribution in [3.05, 3.63) is 76.0 Å². The molecule has 1 aliphatic carbocycles. The third-order valence-electron chi connectivity index (χ3n) is 7.38. The van der Waals surface area contributed by atoms with Crippen LogP contribution in [0.4, 0.5) is 11.5 Å². The van der Waals surface area contributed by atoms with E-state index < -0.39 is 0 Å². The minimum atomic E-state index is -0.146. The molecule has 6 nitrogen and oxygen atoms in total. The van der Waals surface area contributed by atoms with E-state index in [0.717, 1.165) is 47.8 Å². The first-order valence-corrected chi connectivity index (χ1v) is 13.2. The molecule has 3 heterocycles. The fourth-order valence-corrected chi connectivity index (χ4v) is 5.61. The quantitative estimate of drug-likeness (QED) is 0.251. The van der Waals surface area contributed by atoms with E-state index in [-0.39, 0.29) is 27.5 Å². The lowest BCUT2D eigenvalue weighted by Crippen LogP contribution is -2.17. The Bertz CT molecular complexity index is 1500. The number of phenols is 1. The summed E-state index contributed by atoms with van der Waals surface area (Å²) in [6.45, 7) is 1.10. The van der Waals surface area contributed by atoms with Gasteiger partial charge in [-0.1, -0.05) is 35.3 Å². The minimum absolute atomic E-state index is 0.0472. The summed E-state index contributed by atoms with van der Waals surface area (Å²) in [6, 6.07) is 13.6. The second-order valence-corrected chi connectivity index (χ2v) is 10.8. The SMILES string of the molecule is CN1CCCC1c1ccc(Nc2c(C(=O)C3CC3)cnc3ccc(-c4cc(Cl)c(O)c(Cl)c4)cc23)nc1. The smallest absolute Gasteiger partial charge is 0.169 e. The molecule has 0 radical (unpaired) electrons. The van der Waals surface area contributed by atoms with Gasteiger partial charge in [0.1, 0.15) is 5.82 Å². The van der Waals surface area contributed by atoms with E-state index in [2.05, 4.69) is 28.3 Å². The molecule has 0 spiro atoms. The van der Waals surface area contributed by atoms with Gasteiger partial charge in [-0.25, -0.2) is 4.98 Å². The molecule has 1 aliphatic heterocycles. The Labute approximate surface area is 225 Å². The summed E-state index contributed by atoms with van der Waals surface area (Å²) in [4.78, 5) is 24.9. The molecule has 8 heteroatoms. The summed E-state index contributed by atoms with van der Waals surface area (Å²) < 4.78 is 0. The van der Waals surface area contributed by atoms with Crippen LogP contribution in [0.5, 0.6) is 5.75 Å². The summed E-state index contributed by atoms with van der Waals surface area (Å²) in [6.07, 6.45) is 7.73. The summed E-state index contributed by atoms with van der Waals surface area (Å²) in [7, 11) is 2.15. The molecule has 2 aromatic heterocycles. The zero-order valence-electron chi connectivity index (χ0n) is 20.3. The van der Waals surface area contributed by atoms with Gasteiger partial charge in [0.25, 0.3) is 0 Å². The van der Waals surface area contributed by atoms with E-state index in [9.17, 15) is 9.90 Å². The Hall–Kier alpha value is -3.19. The number of ketones is 1. The standard InChI is InChI=1S/C29H26Cl2N4O2/c1-35-10-2-3-25(35)18-7-9-26(33-14-18)34-27-20-11-17(19-12-22(30)29(37)23(31)13-19)6-8-24(20)32-15-21(27)28(36)16-4-5-16/h6-9,11-16,25,37H,2-5,10H2,1H3,(H,32,33,34). The number of Topliss-reactive ketones (excluding diaryl/α,β-unsaturated/α-hetero) is 1. The Morgan fingerprint density at radius 3 is 2.43 bits per heavy atom. The van der Waals surface area contributed by atoms with Gasteiger partial charge in [0, 0.05) is 29.7 Å². The molecule has 0 amide bonds. The normalized spacial score (nSPS) is 17.9. The van der Waals surface area contributed by atoms with Gasteiger partial charge in [0.05, 0.1) is 26.8 Å². The summed E-state index contributed by atoms with van der Waals surface area (Å²) in [5.41, 5.74) is 4.79. The molecule has 4 aromatic rings. The van der Waals surface area contributed by atoms with Crippen LogP contribution in [-0.4, -0.2) is 39.4 Å². The van der Waals surface area contributed by atoms with Gasteiger partial charge >= 0.3 is 0 Å². The molecule has 2 fully saturated rings. The first-order chi connectivity index (χ1) is 17.9. The van der Waals surface area contributed by atoms with Crippen molar-refractivity contribution in [3.63, 3.8) is 0 Å². The van der Waals surface area contributed by atoms with Crippen LogP contribution in [0.3, 0.4) is 0 Å². The molecule has 188 valence electrons. The molecule has 2 aliphatic rings. The third kappa shape index (κ3) is 4.65. The number of aromatic hydroxyl groups is 1. The minimum Gasteiger partial charge on any atom is -0.505 e. The second-order valence-electron chi connectivity index (χ2n) is 9.95. The molecule has 1 atom stereocenters. The molecule has 37 heavy (non-hydrogen) atoms. The maximum absolute atomic E-state index is 13.2. The van der Waals surface area contributed by atoms with Crippen LogP contribution < -0.4 is 5.32 Å². The molecule has 6 rings (SSSR count). The van der Waals surface area contributed by atoms with Crippen LogP contribution in [0.15, 0.2) is 54.9 Å². The van der Waals surface area contributed by atoms with Gasteiger partial charge in [-0.05, 0) is 86.3 Å². The number of fused-ring (bicyclic) bond motifs is 1. The topological polar surface area (TPSA) is 78.4 Å². The average Bonchev–Trinajstić information content (AvgIpc) is 3.67. The molecule has 1 unspecified atom stereocenters. The highest BCUT2D eigenvalue weighted by Crippen LogP contribution is 2.40. The molecular formula is C29H26Cl2N4O2. The number of carbonyl (C=O) groups is 1. The number of benzene rings is 2. The Kier molecular flexibility index (Phi) is 6.27. The highest BCUT2D eigenvalue weighted by atomic mass is 35.5. The lowest BCUT2D eigenvalue weighted by Gasteiger charge is -2.20. The Morgan fingerprint density at radius 2 is 1.78 bits per heavy atom. The van der Waals surface area contributed by atoms with Gasteiger partial charge < -0.3 is 10.4 Å². The second kappa shape index (κ2) is 9.60. The Morgan fingerprint density at radius 1 is 1.00 bits per heavy atom. The van der Waals surface area contributed by atoms with Crippen molar-refractivity contribution in [2.75, 3.05) is 18.9 Å². The van der Waals surface area contributed by atoms with E-state index >= 15 is 0 Å². The molecule has 1 saturated heterocycles. The summed E-state index contributed by atoms with van der Waals surface area (Å²) >= 11 is 12.4. The average molecular weight is 533 g/mol. The number of pyridine rings is 2. The van der Waals surface area contributed by atoms with Crippen molar-refractivity contribution in [2.45, 2.75) is 31.7 Å². The van der Waals surface area contributed by atoms with E-state index in [1.165, 1.54) is 12.0 Å². The van der Waals surface area contributed by atoms with Crippen LogP contribution in [0.25, 0.3) is 22.0 Å². The predicted octanol–water partition coefficient (Wildman–Crippen LogP) is 7.41. The zero-order chi connectivity index (χ0) is 25.7. The van der Waals surface area contributed by atoms with Gasteiger partial charge in [-0.15, -0.1) is 0 Å². The van der Waals surface area contributed by atoms with Crippen molar-refractivity contribution >= 4 is 51.4 Å². The lowest BCUT2D eigenvalue weighted by molar-refractivity contribution is 0.0968. The maximum atomic E-state index is 13.2. The largest absolute Gasteiger partial charge is 0.505 e. The van der Waals surface area contributed by atoms with Crippen LogP contribution in [-0.2, 0) is 0 Å². The van der Waals surface area contributed by atoms with E-state index in [4.69, 9.17) is 28.2 Å². The van der Waals surface area contributed by atoms with E-state index in [1.807, 2.05) is 30.5 Å². The van der Waals surface area contributed by atoms with Crippen molar-refractivity contribution in [2.24, 2.45) is 5.92 Å². The van der Waals surface area contributed by atoms with Crippen molar-refractivity contribution in [1.29, 1.82) is 0 Å². The number of hydrogen-bond acceptors (Lipinski definition) is 6. The third-order valence-corrected chi connectivity index (χ3v) is 7.95. The zero-order valence-corrected chi connectivity index (χ0v) is 21.9. The molecular weight excluding hydrogens is 507 g/mol. The Balaban J connectivity index is 1.43. The first kappa shape index (κ1) is 24.2. The molecule has 1 saturated carbocycles. The van der Waals surface area contributed by atoms with Gasteiger partial charge in [0.15, 0.2) is 11.5 Å². The number of aromatic nitrogens is 2. The number of halogens is 2. The van der Waals surface area contributed by atoms with Crippen LogP contribution in [0.1, 0.15) is 47.6 Å². The number of likely N-dealkylation sites (tertiary alicyclic amines) is 1. The highest BCUT2D eigenvalue weighted by molar-refractivity contribution is 6.37. The highest BCUT2D eigenvalue weighted by Gasteiger charge is 2.33. The van der Waals surface area contributed by atoms with Crippen molar-refractivity contribution in [3.8, 4) is 16.9 Å². The monoisotopic (exact) mass is 532 g/mol. The number of carbonyl (C=O) groups excluding carboxylic acids is 1. The number of phenolic OH excluding ortho intramolecular Hbond substituents is 1. The predicted molar refractivity (Wildman–Crippen MR) is 148 cm³/mol. The molecule has 2 N–H and O–H groups in total. The van der Waals surface area contributed by atoms with Crippen molar-refractivity contribution in [1.82, 2.24) is 14.9 Å². The lowest BCUT2D eigenvalue weighted by atomic mass is 9.99. The van der Waals surface area contributed by atoms with E-state index in [0.29, 0.717) is 23.1 Å². The first-order valence-electron chi connectivity index (χ1n) is 12.5. The van der Waals surface area contributed by atoms with Crippen LogP contribution >= 0.6 is 23.2 Å². The number of hydrogen-bond donors (Lipinski definition) is 2. The summed E-state index contributed by atoms with van der Waals surface area (Å²) in [5, 5.41) is 14.6. The van der Waals surface area contributed by atoms with Gasteiger partial charge in [-0.3, -0.25) is 14.7 Å². The van der Waals surface area contributed by atoms with Gasteiger partial charge in [0.2, 0.25) is 0 Å². The number of nitrogens with zero attached hydrogens (tertiary/aromatic N) is 3. The molecule has 0 bridgehead atoms. The number of nitrogens with one attached hydrogen (secondary N) is 1. The van der Waals surface area contributed by atoms with Gasteiger partial charge in [-0.2, -0.15) is 0 Å².